The van der Waals surface area contributed by atoms with Crippen LogP contribution in [0.2, 0.25) is 0 Å². The van der Waals surface area contributed by atoms with Gasteiger partial charge in [-0.15, -0.1) is 24.0 Å². The number of rotatable bonds is 8. The van der Waals surface area contributed by atoms with Crippen LogP contribution in [-0.4, -0.2) is 36.4 Å². The average molecular weight is 485 g/mol. The molecular formula is C20H32IN5O. The van der Waals surface area contributed by atoms with Crippen LogP contribution in [0.25, 0.3) is 0 Å². The average Bonchev–Trinajstić information content (AvgIpc) is 2.99. The first kappa shape index (κ1) is 23.3. The van der Waals surface area contributed by atoms with Crippen LogP contribution in [0.15, 0.2) is 29.3 Å². The predicted octanol–water partition coefficient (Wildman–Crippen LogP) is 3.08. The fourth-order valence-electron chi connectivity index (χ4n) is 3.10. The van der Waals surface area contributed by atoms with Gasteiger partial charge in [-0.1, -0.05) is 26.0 Å². The Morgan fingerprint density at radius 3 is 2.41 bits per heavy atom. The summed E-state index contributed by atoms with van der Waals surface area (Å²) in [6.07, 6.45) is 2.84. The van der Waals surface area contributed by atoms with Crippen LogP contribution < -0.4 is 15.4 Å². The van der Waals surface area contributed by atoms with Gasteiger partial charge in [-0.05, 0) is 37.0 Å². The number of halogens is 1. The van der Waals surface area contributed by atoms with Gasteiger partial charge in [-0.2, -0.15) is 5.10 Å². The molecule has 0 amide bonds. The third-order valence-electron chi connectivity index (χ3n) is 4.55. The third-order valence-corrected chi connectivity index (χ3v) is 4.55. The Balaban J connectivity index is 0.00000364. The maximum atomic E-state index is 5.19. The van der Waals surface area contributed by atoms with E-state index in [0.29, 0.717) is 0 Å². The normalized spacial score (nSPS) is 11.1. The van der Waals surface area contributed by atoms with E-state index < -0.39 is 0 Å². The molecule has 1 heterocycles. The van der Waals surface area contributed by atoms with Crippen molar-refractivity contribution in [1.29, 1.82) is 0 Å². The van der Waals surface area contributed by atoms with E-state index in [2.05, 4.69) is 46.7 Å². The molecule has 27 heavy (non-hydrogen) atoms. The summed E-state index contributed by atoms with van der Waals surface area (Å²) in [6.45, 7) is 5.87. The van der Waals surface area contributed by atoms with Crippen LogP contribution in [0.5, 0.6) is 5.75 Å². The number of guanidine groups is 1. The minimum Gasteiger partial charge on any atom is -0.497 e. The van der Waals surface area contributed by atoms with Crippen LogP contribution in [0.4, 0.5) is 0 Å². The number of ether oxygens (including phenoxy) is 1. The number of aryl methyl sites for hydroxylation is 2. The number of hydrogen-bond acceptors (Lipinski definition) is 3. The topological polar surface area (TPSA) is 63.5 Å². The molecule has 2 N–H and O–H groups in total. The summed E-state index contributed by atoms with van der Waals surface area (Å²) in [7, 11) is 5.50. The van der Waals surface area contributed by atoms with Gasteiger partial charge in [0.05, 0.1) is 12.8 Å². The standard InChI is InChI=1S/C20H31N5O.HI/c1-6-18-17(19(7-2)25(4)24-18)14-23-20(21-3)22-13-12-15-8-10-16(26-5)11-9-15;/h8-11H,6-7,12-14H2,1-5H3,(H2,21,22,23);1H. The summed E-state index contributed by atoms with van der Waals surface area (Å²) in [5.41, 5.74) is 4.99. The molecular weight excluding hydrogens is 453 g/mol. The lowest BCUT2D eigenvalue weighted by Crippen LogP contribution is -2.38. The Labute approximate surface area is 179 Å². The molecule has 0 radical (unpaired) electrons. The van der Waals surface area contributed by atoms with Gasteiger partial charge < -0.3 is 15.4 Å². The summed E-state index contributed by atoms with van der Waals surface area (Å²) in [5.74, 6) is 1.69. The van der Waals surface area contributed by atoms with Gasteiger partial charge in [0.25, 0.3) is 0 Å². The van der Waals surface area contributed by atoms with Crippen LogP contribution in [0, 0.1) is 0 Å². The third kappa shape index (κ3) is 6.41. The molecule has 1 aromatic carbocycles. The van der Waals surface area contributed by atoms with Crippen molar-refractivity contribution in [3.63, 3.8) is 0 Å². The zero-order valence-electron chi connectivity index (χ0n) is 17.0. The van der Waals surface area contributed by atoms with Gasteiger partial charge in [0, 0.05) is 38.4 Å². The Morgan fingerprint density at radius 2 is 1.85 bits per heavy atom. The van der Waals surface area contributed by atoms with E-state index in [0.717, 1.165) is 49.8 Å². The van der Waals surface area contributed by atoms with Crippen LogP contribution in [0.1, 0.15) is 36.4 Å². The summed E-state index contributed by atoms with van der Waals surface area (Å²) in [6, 6.07) is 8.16. The first-order valence-electron chi connectivity index (χ1n) is 9.23. The number of methoxy groups -OCH3 is 1. The molecule has 0 atom stereocenters. The van der Waals surface area contributed by atoms with E-state index in [1.165, 1.54) is 16.8 Å². The Bertz CT molecular complexity index is 725. The summed E-state index contributed by atoms with van der Waals surface area (Å²) in [4.78, 5) is 4.33. The summed E-state index contributed by atoms with van der Waals surface area (Å²) in [5, 5.41) is 11.4. The van der Waals surface area contributed by atoms with Crippen molar-refractivity contribution < 1.29 is 4.74 Å². The molecule has 1 aromatic heterocycles. The van der Waals surface area contributed by atoms with Crippen molar-refractivity contribution >= 4 is 29.9 Å². The molecule has 6 nitrogen and oxygen atoms in total. The monoisotopic (exact) mass is 485 g/mol. The summed E-state index contributed by atoms with van der Waals surface area (Å²) < 4.78 is 7.19. The maximum Gasteiger partial charge on any atom is 0.191 e. The van der Waals surface area contributed by atoms with Crippen molar-refractivity contribution in [2.45, 2.75) is 39.7 Å². The van der Waals surface area contributed by atoms with E-state index in [1.54, 1.807) is 14.2 Å². The van der Waals surface area contributed by atoms with Gasteiger partial charge in [0.15, 0.2) is 5.96 Å². The molecule has 0 saturated carbocycles. The lowest BCUT2D eigenvalue weighted by atomic mass is 10.1. The molecule has 2 aromatic rings. The van der Waals surface area contributed by atoms with Crippen molar-refractivity contribution in [2.75, 3.05) is 20.7 Å². The van der Waals surface area contributed by atoms with E-state index in [4.69, 9.17) is 4.74 Å². The number of aliphatic imine (C=N–C) groups is 1. The predicted molar refractivity (Wildman–Crippen MR) is 122 cm³/mol. The molecule has 0 unspecified atom stereocenters. The van der Waals surface area contributed by atoms with E-state index in [9.17, 15) is 0 Å². The van der Waals surface area contributed by atoms with Crippen LogP contribution >= 0.6 is 24.0 Å². The van der Waals surface area contributed by atoms with E-state index in [-0.39, 0.29) is 24.0 Å². The molecule has 2 rings (SSSR count). The Kier molecular flexibility index (Phi) is 10.2. The number of aromatic nitrogens is 2. The second-order valence-electron chi connectivity index (χ2n) is 6.15. The maximum absolute atomic E-state index is 5.19. The Hall–Kier alpha value is -1.77. The fourth-order valence-corrected chi connectivity index (χ4v) is 3.10. The molecule has 0 saturated heterocycles. The number of hydrogen-bond donors (Lipinski definition) is 2. The molecule has 0 aliphatic heterocycles. The minimum absolute atomic E-state index is 0. The van der Waals surface area contributed by atoms with Gasteiger partial charge in [-0.3, -0.25) is 9.67 Å². The number of nitrogens with one attached hydrogen (secondary N) is 2. The smallest absolute Gasteiger partial charge is 0.191 e. The molecule has 150 valence electrons. The van der Waals surface area contributed by atoms with Gasteiger partial charge in [-0.25, -0.2) is 0 Å². The van der Waals surface area contributed by atoms with Crippen LogP contribution in [-0.2, 0) is 32.9 Å². The molecule has 0 aliphatic rings. The summed E-state index contributed by atoms with van der Waals surface area (Å²) >= 11 is 0. The minimum atomic E-state index is 0. The second-order valence-corrected chi connectivity index (χ2v) is 6.15. The Morgan fingerprint density at radius 1 is 1.15 bits per heavy atom. The molecule has 0 spiro atoms. The zero-order valence-corrected chi connectivity index (χ0v) is 19.3. The fraction of sp³-hybridized carbons (Fsp3) is 0.500. The first-order chi connectivity index (χ1) is 12.6. The van der Waals surface area contributed by atoms with Gasteiger partial charge in [0.2, 0.25) is 0 Å². The van der Waals surface area contributed by atoms with Crippen molar-refractivity contribution in [2.24, 2.45) is 12.0 Å². The highest BCUT2D eigenvalue weighted by molar-refractivity contribution is 14.0. The van der Waals surface area contributed by atoms with Gasteiger partial charge >= 0.3 is 0 Å². The zero-order chi connectivity index (χ0) is 18.9. The highest BCUT2D eigenvalue weighted by Crippen LogP contribution is 2.15. The second kappa shape index (κ2) is 11.8. The quantitative estimate of drug-likeness (QED) is 0.343. The van der Waals surface area contributed by atoms with Gasteiger partial charge in [0.1, 0.15) is 5.75 Å². The lowest BCUT2D eigenvalue weighted by Gasteiger charge is -2.13. The van der Waals surface area contributed by atoms with Crippen molar-refractivity contribution in [3.05, 3.63) is 46.8 Å². The number of benzene rings is 1. The lowest BCUT2D eigenvalue weighted by molar-refractivity contribution is 0.414. The largest absolute Gasteiger partial charge is 0.497 e. The SMILES string of the molecule is CCc1nn(C)c(CC)c1CNC(=NC)NCCc1ccc(OC)cc1.I. The van der Waals surface area contributed by atoms with E-state index in [1.807, 2.05) is 23.9 Å². The molecule has 7 heteroatoms. The molecule has 0 fully saturated rings. The van der Waals surface area contributed by atoms with Crippen LogP contribution in [0.3, 0.4) is 0 Å². The molecule has 0 bridgehead atoms. The number of nitrogens with zero attached hydrogens (tertiary/aromatic N) is 3. The highest BCUT2D eigenvalue weighted by Gasteiger charge is 2.13. The van der Waals surface area contributed by atoms with Crippen molar-refractivity contribution in [3.8, 4) is 5.75 Å². The molecule has 0 aliphatic carbocycles. The van der Waals surface area contributed by atoms with Crippen molar-refractivity contribution in [1.82, 2.24) is 20.4 Å². The highest BCUT2D eigenvalue weighted by atomic mass is 127. The van der Waals surface area contributed by atoms with E-state index >= 15 is 0 Å². The first-order valence-corrected chi connectivity index (χ1v) is 9.23.